The fourth-order valence-corrected chi connectivity index (χ4v) is 3.31. The average molecular weight is 461 g/mol. The molecule has 1 aliphatic heterocycles. The molecule has 1 unspecified atom stereocenters. The van der Waals surface area contributed by atoms with Gasteiger partial charge in [-0.3, -0.25) is 14.4 Å². The van der Waals surface area contributed by atoms with E-state index in [0.29, 0.717) is 11.3 Å². The van der Waals surface area contributed by atoms with Gasteiger partial charge in [-0.25, -0.2) is 4.79 Å². The molecule has 0 aromatic heterocycles. The number of rotatable bonds is 7. The number of urea groups is 1. The summed E-state index contributed by atoms with van der Waals surface area (Å²) in [4.78, 5) is 49.3. The number of likely N-dealkylation sites (N-methyl/N-ethyl adjacent to an activating group) is 1. The maximum atomic E-state index is 12.5. The zero-order chi connectivity index (χ0) is 23.3. The van der Waals surface area contributed by atoms with Gasteiger partial charge in [-0.2, -0.15) is 0 Å². The number of methoxy groups -OCH3 is 1. The van der Waals surface area contributed by atoms with Crippen molar-refractivity contribution in [3.63, 3.8) is 0 Å². The topological polar surface area (TPSA) is 125 Å². The van der Waals surface area contributed by atoms with E-state index in [2.05, 4.69) is 10.6 Å². The molecule has 168 valence electrons. The molecule has 3 N–H and O–H groups in total. The first-order valence-electron chi connectivity index (χ1n) is 9.80. The molecule has 3 amide bonds. The summed E-state index contributed by atoms with van der Waals surface area (Å²) in [6.07, 6.45) is 2.12. The molecule has 2 aromatic carbocycles. The van der Waals surface area contributed by atoms with Crippen molar-refractivity contribution in [2.75, 3.05) is 14.2 Å². The van der Waals surface area contributed by atoms with Crippen LogP contribution in [0.15, 0.2) is 60.8 Å². The number of carbonyl (C=O) groups excluding carboxylic acids is 3. The second-order valence-corrected chi connectivity index (χ2v) is 7.23. The molecule has 1 heterocycles. The van der Waals surface area contributed by atoms with E-state index in [0.717, 1.165) is 11.1 Å². The van der Waals surface area contributed by atoms with Crippen LogP contribution in [0.4, 0.5) is 4.79 Å². The number of ether oxygens (including phenoxy) is 1. The molecule has 0 aliphatic carbocycles. The number of carboxylic acids is 1. The van der Waals surface area contributed by atoms with Gasteiger partial charge in [0, 0.05) is 19.3 Å². The van der Waals surface area contributed by atoms with Crippen LogP contribution in [0, 0.1) is 0 Å². The summed E-state index contributed by atoms with van der Waals surface area (Å²) in [6.45, 7) is 0. The molecule has 3 rings (SSSR count). The molecule has 0 bridgehead atoms. The third kappa shape index (κ3) is 6.67. The van der Waals surface area contributed by atoms with E-state index in [1.54, 1.807) is 25.3 Å². The van der Waals surface area contributed by atoms with E-state index >= 15 is 0 Å². The van der Waals surface area contributed by atoms with Crippen LogP contribution in [0.5, 0.6) is 5.75 Å². The summed E-state index contributed by atoms with van der Waals surface area (Å²) in [7, 11) is 3.03. The van der Waals surface area contributed by atoms with Gasteiger partial charge in [0.25, 0.3) is 5.91 Å². The predicted molar refractivity (Wildman–Crippen MR) is 123 cm³/mol. The van der Waals surface area contributed by atoms with Crippen LogP contribution in [-0.2, 0) is 14.4 Å². The van der Waals surface area contributed by atoms with Crippen LogP contribution in [0.2, 0.25) is 0 Å². The van der Waals surface area contributed by atoms with Crippen molar-refractivity contribution < 1.29 is 29.0 Å². The molecule has 0 saturated carbocycles. The molecule has 1 aliphatic rings. The maximum absolute atomic E-state index is 12.5. The van der Waals surface area contributed by atoms with Crippen LogP contribution in [-0.4, -0.2) is 83.5 Å². The van der Waals surface area contributed by atoms with Gasteiger partial charge in [-0.1, -0.05) is 30.3 Å². The van der Waals surface area contributed by atoms with Crippen molar-refractivity contribution in [3.8, 4) is 16.9 Å². The van der Waals surface area contributed by atoms with Crippen LogP contribution in [0.1, 0.15) is 18.0 Å². The van der Waals surface area contributed by atoms with Crippen molar-refractivity contribution in [3.05, 3.63) is 66.4 Å². The number of nitrogens with zero attached hydrogens (tertiary/aromatic N) is 1. The molecule has 33 heavy (non-hydrogen) atoms. The van der Waals surface area contributed by atoms with Crippen LogP contribution in [0.3, 0.4) is 0 Å². The van der Waals surface area contributed by atoms with Crippen molar-refractivity contribution >= 4 is 53.2 Å². The van der Waals surface area contributed by atoms with Gasteiger partial charge in [-0.15, -0.1) is 0 Å². The Kier molecular flexibility index (Phi) is 9.22. The van der Waals surface area contributed by atoms with Crippen LogP contribution < -0.4 is 15.4 Å². The molecule has 9 nitrogen and oxygen atoms in total. The van der Waals surface area contributed by atoms with Crippen molar-refractivity contribution in [1.82, 2.24) is 15.5 Å². The Morgan fingerprint density at radius 1 is 1.12 bits per heavy atom. The van der Waals surface area contributed by atoms with E-state index in [9.17, 15) is 24.3 Å². The molecule has 2 atom stereocenters. The van der Waals surface area contributed by atoms with Gasteiger partial charge >= 0.3 is 41.6 Å². The quantitative estimate of drug-likeness (QED) is 0.424. The molecule has 0 saturated heterocycles. The van der Waals surface area contributed by atoms with Crippen molar-refractivity contribution in [2.45, 2.75) is 18.5 Å². The predicted octanol–water partition coefficient (Wildman–Crippen LogP) is 1.45. The number of nitrogens with one attached hydrogen (secondary N) is 2. The zero-order valence-corrected chi connectivity index (χ0v) is 17.6. The Balaban J connectivity index is 0.00000385. The summed E-state index contributed by atoms with van der Waals surface area (Å²) < 4.78 is 5.25. The number of benzene rings is 2. The van der Waals surface area contributed by atoms with Gasteiger partial charge in [0.1, 0.15) is 5.75 Å². The van der Waals surface area contributed by atoms with Crippen molar-refractivity contribution in [1.29, 1.82) is 0 Å². The molecular formula is C23H24N3NaO6. The van der Waals surface area contributed by atoms with Crippen LogP contribution >= 0.6 is 0 Å². The van der Waals surface area contributed by atoms with E-state index in [-0.39, 0.29) is 36.0 Å². The second kappa shape index (κ2) is 11.6. The molecule has 0 fully saturated rings. The fourth-order valence-electron chi connectivity index (χ4n) is 3.31. The monoisotopic (exact) mass is 461 g/mol. The third-order valence-electron chi connectivity index (χ3n) is 4.99. The molecule has 2 aromatic rings. The van der Waals surface area contributed by atoms with Gasteiger partial charge in [0.05, 0.1) is 19.6 Å². The number of hydrogen-bond acceptors (Lipinski definition) is 5. The Hall–Kier alpha value is -3.14. The van der Waals surface area contributed by atoms with Gasteiger partial charge in [0.2, 0.25) is 0 Å². The normalized spacial score (nSPS) is 15.9. The van der Waals surface area contributed by atoms with E-state index in [1.807, 2.05) is 30.3 Å². The number of hydrogen-bond donors (Lipinski definition) is 3. The second-order valence-electron chi connectivity index (χ2n) is 7.23. The first-order chi connectivity index (χ1) is 15.3. The minimum atomic E-state index is -1.36. The zero-order valence-electron chi connectivity index (χ0n) is 17.6. The first-order valence-corrected chi connectivity index (χ1v) is 9.80. The van der Waals surface area contributed by atoms with Gasteiger partial charge < -0.3 is 25.4 Å². The SMILES string of the molecule is COc1cccc(-c2cccc([C@H](CC(=O)O)NC(=O)NC3C(=O)C=CN(C)C3=O)c2)c1.[NaH]. The Morgan fingerprint density at radius 2 is 1.79 bits per heavy atom. The number of amides is 3. The summed E-state index contributed by atoms with van der Waals surface area (Å²) >= 11 is 0. The fraction of sp³-hybridized carbons (Fsp3) is 0.217. The molecule has 0 spiro atoms. The number of aliphatic carboxylic acids is 1. The van der Waals surface area contributed by atoms with E-state index in [4.69, 9.17) is 4.74 Å². The Labute approximate surface area is 213 Å². The number of ketones is 1. The Morgan fingerprint density at radius 3 is 2.45 bits per heavy atom. The third-order valence-corrected chi connectivity index (χ3v) is 4.99. The Bertz CT molecular complexity index is 1090. The van der Waals surface area contributed by atoms with E-state index < -0.39 is 35.8 Å². The summed E-state index contributed by atoms with van der Waals surface area (Å²) in [5.41, 5.74) is 2.22. The summed E-state index contributed by atoms with van der Waals surface area (Å²) in [5.74, 6) is -1.58. The van der Waals surface area contributed by atoms with Crippen molar-refractivity contribution in [2.24, 2.45) is 0 Å². The molecule has 0 radical (unpaired) electrons. The minimum absolute atomic E-state index is 0. The van der Waals surface area contributed by atoms with E-state index in [1.165, 1.54) is 24.2 Å². The van der Waals surface area contributed by atoms with Crippen LogP contribution in [0.25, 0.3) is 11.1 Å². The average Bonchev–Trinajstić information content (AvgIpc) is 2.78. The number of carbonyl (C=O) groups is 4. The van der Waals surface area contributed by atoms with Gasteiger partial charge in [0.15, 0.2) is 11.8 Å². The summed E-state index contributed by atoms with van der Waals surface area (Å²) in [5, 5.41) is 14.2. The standard InChI is InChI=1S/C23H23N3O6.Na.H/c1-26-10-9-19(27)21(22(26)30)25-23(31)24-18(13-20(28)29)16-7-3-5-14(11-16)15-6-4-8-17(12-15)32-2;;/h3-12,18,21H,13H2,1-2H3,(H,28,29)(H2,24,25,31);;/t18-,21?;;/m0../s1. The first kappa shape index (κ1) is 26.1. The number of carboxylic acid groups (broad SMARTS) is 1. The summed E-state index contributed by atoms with van der Waals surface area (Å²) in [6, 6.07) is 11.4. The van der Waals surface area contributed by atoms with Gasteiger partial charge in [-0.05, 0) is 34.9 Å². The molecular weight excluding hydrogens is 437 g/mol. The molecule has 10 heteroatoms.